The molecule has 21 heavy (non-hydrogen) atoms. The first-order chi connectivity index (χ1) is 10.1. The minimum Gasteiger partial charge on any atom is -0.476 e. The number of nitrogens with zero attached hydrogens (tertiary/aromatic N) is 2. The van der Waals surface area contributed by atoms with Crippen molar-refractivity contribution in [2.24, 2.45) is 0 Å². The predicted octanol–water partition coefficient (Wildman–Crippen LogP) is 3.30. The number of aromatic nitrogens is 1. The van der Waals surface area contributed by atoms with E-state index in [0.717, 1.165) is 28.6 Å². The van der Waals surface area contributed by atoms with Crippen LogP contribution in [0.2, 0.25) is 0 Å². The quantitative estimate of drug-likeness (QED) is 0.793. The van der Waals surface area contributed by atoms with Crippen molar-refractivity contribution in [2.75, 3.05) is 26.4 Å². The van der Waals surface area contributed by atoms with E-state index in [4.69, 9.17) is 5.11 Å². The summed E-state index contributed by atoms with van der Waals surface area (Å²) in [5.41, 5.74) is 2.34. The Morgan fingerprint density at radius 2 is 2.24 bits per heavy atom. The minimum atomic E-state index is -0.979. The number of carboxylic acid groups (broad SMARTS) is 1. The van der Waals surface area contributed by atoms with Crippen LogP contribution >= 0.6 is 23.1 Å². The van der Waals surface area contributed by atoms with E-state index in [2.05, 4.69) is 36.1 Å². The second-order valence-corrected chi connectivity index (χ2v) is 6.86. The van der Waals surface area contributed by atoms with E-state index in [0.29, 0.717) is 0 Å². The molecule has 0 amide bonds. The zero-order valence-electron chi connectivity index (χ0n) is 12.1. The molecule has 0 saturated carbocycles. The van der Waals surface area contributed by atoms with Crippen LogP contribution < -0.4 is 0 Å². The molecule has 0 spiro atoms. The summed E-state index contributed by atoms with van der Waals surface area (Å²) in [6, 6.07) is 8.16. The summed E-state index contributed by atoms with van der Waals surface area (Å²) in [7, 11) is 4.15. The van der Waals surface area contributed by atoms with Crippen LogP contribution in [0.5, 0.6) is 0 Å². The molecule has 1 aromatic carbocycles. The van der Waals surface area contributed by atoms with Crippen molar-refractivity contribution in [3.8, 4) is 10.6 Å². The molecular formula is C15H18N2O2S2. The number of benzene rings is 1. The van der Waals surface area contributed by atoms with Gasteiger partial charge >= 0.3 is 5.97 Å². The molecule has 0 bridgehead atoms. The van der Waals surface area contributed by atoms with Gasteiger partial charge in [-0.25, -0.2) is 9.78 Å². The second kappa shape index (κ2) is 7.59. The van der Waals surface area contributed by atoms with Crippen molar-refractivity contribution in [2.45, 2.75) is 5.75 Å². The van der Waals surface area contributed by atoms with Gasteiger partial charge < -0.3 is 10.0 Å². The predicted molar refractivity (Wildman–Crippen MR) is 89.2 cm³/mol. The summed E-state index contributed by atoms with van der Waals surface area (Å²) >= 11 is 3.26. The molecule has 0 aliphatic rings. The second-order valence-electron chi connectivity index (χ2n) is 4.90. The van der Waals surface area contributed by atoms with Crippen molar-refractivity contribution >= 4 is 29.1 Å². The zero-order valence-corrected chi connectivity index (χ0v) is 13.7. The maximum absolute atomic E-state index is 10.9. The van der Waals surface area contributed by atoms with E-state index in [1.807, 2.05) is 23.9 Å². The SMILES string of the molecule is CN(C)CCSCc1cccc(-c2nc(C(=O)O)cs2)c1. The summed E-state index contributed by atoms with van der Waals surface area (Å²) < 4.78 is 0. The Morgan fingerprint density at radius 1 is 1.43 bits per heavy atom. The molecule has 2 rings (SSSR count). The normalized spacial score (nSPS) is 11.0. The van der Waals surface area contributed by atoms with Crippen molar-refractivity contribution in [3.05, 3.63) is 40.9 Å². The number of thiazole rings is 1. The van der Waals surface area contributed by atoms with Crippen LogP contribution in [-0.2, 0) is 5.75 Å². The van der Waals surface area contributed by atoms with Gasteiger partial charge in [0.25, 0.3) is 0 Å². The van der Waals surface area contributed by atoms with Gasteiger partial charge in [-0.3, -0.25) is 0 Å². The van der Waals surface area contributed by atoms with E-state index < -0.39 is 5.97 Å². The lowest BCUT2D eigenvalue weighted by molar-refractivity contribution is 0.0691. The summed E-state index contributed by atoms with van der Waals surface area (Å²) in [5, 5.41) is 11.3. The Hall–Kier alpha value is -1.37. The third kappa shape index (κ3) is 4.84. The summed E-state index contributed by atoms with van der Waals surface area (Å²) in [4.78, 5) is 17.2. The molecule has 112 valence electrons. The highest BCUT2D eigenvalue weighted by Crippen LogP contribution is 2.25. The van der Waals surface area contributed by atoms with Gasteiger partial charge in [0.1, 0.15) is 5.01 Å². The molecule has 0 atom stereocenters. The Balaban J connectivity index is 2.01. The van der Waals surface area contributed by atoms with Gasteiger partial charge in [0.05, 0.1) is 0 Å². The number of aromatic carboxylic acids is 1. The average Bonchev–Trinajstić information content (AvgIpc) is 2.94. The molecule has 2 aromatic rings. The lowest BCUT2D eigenvalue weighted by atomic mass is 10.1. The topological polar surface area (TPSA) is 53.4 Å². The van der Waals surface area contributed by atoms with Crippen LogP contribution in [-0.4, -0.2) is 47.4 Å². The number of hydrogen-bond acceptors (Lipinski definition) is 5. The Labute approximate surface area is 132 Å². The highest BCUT2D eigenvalue weighted by Gasteiger charge is 2.10. The fourth-order valence-corrected chi connectivity index (χ4v) is 3.58. The molecule has 6 heteroatoms. The van der Waals surface area contributed by atoms with Gasteiger partial charge in [0, 0.05) is 29.0 Å². The van der Waals surface area contributed by atoms with E-state index in [1.54, 1.807) is 5.38 Å². The van der Waals surface area contributed by atoms with Gasteiger partial charge in [-0.2, -0.15) is 11.8 Å². The third-order valence-electron chi connectivity index (χ3n) is 2.85. The molecule has 0 fully saturated rings. The fraction of sp³-hybridized carbons (Fsp3) is 0.333. The number of carbonyl (C=O) groups is 1. The largest absolute Gasteiger partial charge is 0.476 e. The van der Waals surface area contributed by atoms with Crippen LogP contribution in [0.1, 0.15) is 16.1 Å². The van der Waals surface area contributed by atoms with Crippen LogP contribution in [0, 0.1) is 0 Å². The van der Waals surface area contributed by atoms with Crippen molar-refractivity contribution in [1.82, 2.24) is 9.88 Å². The maximum Gasteiger partial charge on any atom is 0.355 e. The monoisotopic (exact) mass is 322 g/mol. The van der Waals surface area contributed by atoms with Crippen molar-refractivity contribution in [3.63, 3.8) is 0 Å². The molecule has 1 heterocycles. The smallest absolute Gasteiger partial charge is 0.355 e. The van der Waals surface area contributed by atoms with Gasteiger partial charge in [-0.05, 0) is 25.7 Å². The molecule has 0 aliphatic heterocycles. The van der Waals surface area contributed by atoms with Crippen LogP contribution in [0.15, 0.2) is 29.6 Å². The standard InChI is InChI=1S/C15H18N2O2S2/c1-17(2)6-7-20-9-11-4-3-5-12(8-11)14-16-13(10-21-14)15(18)19/h3-5,8,10H,6-7,9H2,1-2H3,(H,18,19). The lowest BCUT2D eigenvalue weighted by Crippen LogP contribution is -2.14. The van der Waals surface area contributed by atoms with Crippen LogP contribution in [0.25, 0.3) is 10.6 Å². The first-order valence-corrected chi connectivity index (χ1v) is 8.60. The Kier molecular flexibility index (Phi) is 5.78. The van der Waals surface area contributed by atoms with Crippen molar-refractivity contribution < 1.29 is 9.90 Å². The molecule has 0 saturated heterocycles. The molecule has 4 nitrogen and oxygen atoms in total. The fourth-order valence-electron chi connectivity index (χ4n) is 1.74. The van der Waals surface area contributed by atoms with Gasteiger partial charge in [0.2, 0.25) is 0 Å². The summed E-state index contributed by atoms with van der Waals surface area (Å²) in [5.74, 6) is 1.07. The number of rotatable bonds is 7. The number of hydrogen-bond donors (Lipinski definition) is 1. The zero-order chi connectivity index (χ0) is 15.2. The lowest BCUT2D eigenvalue weighted by Gasteiger charge is -2.09. The first-order valence-electron chi connectivity index (χ1n) is 6.57. The Bertz CT molecular complexity index is 611. The first kappa shape index (κ1) is 16.0. The molecule has 1 aromatic heterocycles. The summed E-state index contributed by atoms with van der Waals surface area (Å²) in [6.45, 7) is 1.07. The van der Waals surface area contributed by atoms with E-state index >= 15 is 0 Å². The van der Waals surface area contributed by atoms with E-state index in [-0.39, 0.29) is 5.69 Å². The highest BCUT2D eigenvalue weighted by molar-refractivity contribution is 7.98. The average molecular weight is 322 g/mol. The van der Waals surface area contributed by atoms with Crippen LogP contribution in [0.3, 0.4) is 0 Å². The molecular weight excluding hydrogens is 304 g/mol. The van der Waals surface area contributed by atoms with Crippen LogP contribution in [0.4, 0.5) is 0 Å². The van der Waals surface area contributed by atoms with Gasteiger partial charge in [0.15, 0.2) is 5.69 Å². The van der Waals surface area contributed by atoms with Crippen molar-refractivity contribution in [1.29, 1.82) is 0 Å². The van der Waals surface area contributed by atoms with Gasteiger partial charge in [-0.15, -0.1) is 11.3 Å². The number of thioether (sulfide) groups is 1. The molecule has 0 aliphatic carbocycles. The minimum absolute atomic E-state index is 0.112. The van der Waals surface area contributed by atoms with E-state index in [1.165, 1.54) is 16.9 Å². The Morgan fingerprint density at radius 3 is 2.90 bits per heavy atom. The highest BCUT2D eigenvalue weighted by atomic mass is 32.2. The maximum atomic E-state index is 10.9. The number of carboxylic acids is 1. The third-order valence-corrected chi connectivity index (χ3v) is 4.75. The van der Waals surface area contributed by atoms with E-state index in [9.17, 15) is 4.79 Å². The molecule has 0 radical (unpaired) electrons. The van der Waals surface area contributed by atoms with Gasteiger partial charge in [-0.1, -0.05) is 18.2 Å². The summed E-state index contributed by atoms with van der Waals surface area (Å²) in [6.07, 6.45) is 0. The molecule has 0 unspecified atom stereocenters. The molecule has 1 N–H and O–H groups in total.